The second kappa shape index (κ2) is 10.8. The number of benzene rings is 1. The third kappa shape index (κ3) is 4.87. The van der Waals surface area contributed by atoms with Crippen LogP contribution in [0.3, 0.4) is 0 Å². The van der Waals surface area contributed by atoms with Gasteiger partial charge in [0.2, 0.25) is 0 Å². The van der Waals surface area contributed by atoms with Crippen LogP contribution < -0.4 is 0 Å². The Morgan fingerprint density at radius 3 is 1.85 bits per heavy atom. The zero-order chi connectivity index (χ0) is 15.0. The van der Waals surface area contributed by atoms with Crippen molar-refractivity contribution >= 4 is 5.57 Å². The Morgan fingerprint density at radius 2 is 1.40 bits per heavy atom. The molecular weight excluding hydrogens is 331 g/mol. The smallest absolute Gasteiger partial charge is 0.00531 e. The third-order valence-electron chi connectivity index (χ3n) is 3.33. The monoisotopic (exact) mass is 359 g/mol. The molecule has 0 heterocycles. The van der Waals surface area contributed by atoms with Crippen molar-refractivity contribution in [2.75, 3.05) is 0 Å². The third-order valence-corrected chi connectivity index (χ3v) is 3.33. The molecule has 1 atom stereocenters. The van der Waals surface area contributed by atoms with Crippen molar-refractivity contribution in [1.29, 1.82) is 0 Å². The quantitative estimate of drug-likeness (QED) is 0.443. The summed E-state index contributed by atoms with van der Waals surface area (Å²) in [5, 5.41) is 0. The molecule has 0 saturated heterocycles. The van der Waals surface area contributed by atoms with Crippen LogP contribution in [-0.2, 0) is 19.5 Å². The van der Waals surface area contributed by atoms with Crippen LogP contribution in [0.15, 0.2) is 56.7 Å². The van der Waals surface area contributed by atoms with Crippen molar-refractivity contribution in [3.05, 3.63) is 67.8 Å². The normalized spacial score (nSPS) is 15.1. The van der Waals surface area contributed by atoms with Gasteiger partial charge < -0.3 is 0 Å². The van der Waals surface area contributed by atoms with E-state index in [1.165, 1.54) is 16.7 Å². The van der Waals surface area contributed by atoms with Crippen LogP contribution in [0.5, 0.6) is 0 Å². The Labute approximate surface area is 138 Å². The molecule has 0 N–H and O–H groups in total. The van der Waals surface area contributed by atoms with Crippen molar-refractivity contribution in [2.45, 2.75) is 33.6 Å². The maximum absolute atomic E-state index is 3.00. The molecule has 1 aliphatic carbocycles. The van der Waals surface area contributed by atoms with Gasteiger partial charge in [-0.3, -0.25) is 0 Å². The summed E-state index contributed by atoms with van der Waals surface area (Å²) in [4.78, 5) is 0. The van der Waals surface area contributed by atoms with Crippen molar-refractivity contribution in [2.24, 2.45) is 11.8 Å². The van der Waals surface area contributed by atoms with Gasteiger partial charge >= 0.3 is 0 Å². The molecule has 1 aromatic rings. The molecule has 1 heteroatoms. The van der Waals surface area contributed by atoms with Gasteiger partial charge in [0, 0.05) is 25.4 Å². The van der Waals surface area contributed by atoms with Crippen LogP contribution in [0.2, 0.25) is 0 Å². The average molecular weight is 359 g/mol. The fraction of sp³-hybridized carbons (Fsp3) is 0.368. The molecule has 2 rings (SSSR count). The van der Waals surface area contributed by atoms with Gasteiger partial charge in [-0.2, -0.15) is 0 Å². The summed E-state index contributed by atoms with van der Waals surface area (Å²) in [7, 11) is 0. The molecule has 0 fully saturated rings. The van der Waals surface area contributed by atoms with E-state index in [4.69, 9.17) is 0 Å². The second-order valence-electron chi connectivity index (χ2n) is 5.13. The molecule has 0 nitrogen and oxygen atoms in total. The Hall–Kier alpha value is -0.937. The van der Waals surface area contributed by atoms with Crippen molar-refractivity contribution in [1.82, 2.24) is 0 Å². The van der Waals surface area contributed by atoms with Crippen LogP contribution in [0.4, 0.5) is 0 Å². The van der Waals surface area contributed by atoms with Crippen molar-refractivity contribution < 1.29 is 19.5 Å². The van der Waals surface area contributed by atoms with E-state index >= 15 is 0 Å². The minimum absolute atomic E-state index is 0. The van der Waals surface area contributed by atoms with Gasteiger partial charge in [0.1, 0.15) is 0 Å². The molecule has 0 aliphatic heterocycles. The molecule has 1 aliphatic rings. The molecule has 0 aromatic heterocycles. The number of fused-ring (bicyclic) bond motifs is 1. The van der Waals surface area contributed by atoms with Gasteiger partial charge in [-0.1, -0.05) is 58.0 Å². The molecule has 0 bridgehead atoms. The Balaban J connectivity index is 0. The van der Waals surface area contributed by atoms with E-state index in [0.29, 0.717) is 17.8 Å². The number of allylic oxidation sites excluding steroid dienone is 2. The average Bonchev–Trinajstić information content (AvgIpc) is 2.83. The predicted molar refractivity (Wildman–Crippen MR) is 89.3 cm³/mol. The molecular formula is C19H28Rh. The molecule has 1 aromatic carbocycles. The van der Waals surface area contributed by atoms with E-state index in [1.54, 1.807) is 0 Å². The summed E-state index contributed by atoms with van der Waals surface area (Å²) < 4.78 is 0. The Bertz CT molecular complexity index is 414. The van der Waals surface area contributed by atoms with Crippen LogP contribution >= 0.6 is 0 Å². The Morgan fingerprint density at radius 1 is 0.900 bits per heavy atom. The van der Waals surface area contributed by atoms with Gasteiger partial charge in [-0.15, -0.1) is 26.3 Å². The van der Waals surface area contributed by atoms with Gasteiger partial charge in [0.15, 0.2) is 0 Å². The first-order valence-corrected chi connectivity index (χ1v) is 6.92. The molecule has 0 spiro atoms. The molecule has 20 heavy (non-hydrogen) atoms. The van der Waals surface area contributed by atoms with Gasteiger partial charge in [0.25, 0.3) is 0 Å². The molecule has 0 amide bonds. The summed E-state index contributed by atoms with van der Waals surface area (Å²) in [5.41, 5.74) is 4.53. The van der Waals surface area contributed by atoms with Crippen LogP contribution in [0.25, 0.3) is 5.57 Å². The second-order valence-corrected chi connectivity index (χ2v) is 5.13. The van der Waals surface area contributed by atoms with Gasteiger partial charge in [0.05, 0.1) is 0 Å². The predicted octanol–water partition coefficient (Wildman–Crippen LogP) is 6.08. The summed E-state index contributed by atoms with van der Waals surface area (Å²) >= 11 is 0. The fourth-order valence-corrected chi connectivity index (χ4v) is 2.48. The minimum atomic E-state index is 0. The number of hydrogen-bond donors (Lipinski definition) is 0. The van der Waals surface area contributed by atoms with Crippen molar-refractivity contribution in [3.63, 3.8) is 0 Å². The standard InChI is InChI=1S/C15H20.2C2H4.Rh/c1-10(2)14-9-15(11(3)4)13-8-6-5-7-12(13)14;2*1-2;/h5-11,14H,1-4H3;2*1-2H2;. The van der Waals surface area contributed by atoms with E-state index in [-0.39, 0.29) is 19.5 Å². The first-order chi connectivity index (χ1) is 9.11. The summed E-state index contributed by atoms with van der Waals surface area (Å²) in [6, 6.07) is 8.86. The molecule has 113 valence electrons. The summed E-state index contributed by atoms with van der Waals surface area (Å²) in [6.45, 7) is 21.2. The van der Waals surface area contributed by atoms with Gasteiger partial charge in [-0.25, -0.2) is 0 Å². The van der Waals surface area contributed by atoms with E-state index in [2.05, 4.69) is 84.4 Å². The SMILES string of the molecule is C=C.C=C.CC(C)C1=CC(C(C)C)c2ccccc21.[Rh]. The molecule has 0 saturated carbocycles. The summed E-state index contributed by atoms with van der Waals surface area (Å²) in [6.07, 6.45) is 2.47. The number of hydrogen-bond acceptors (Lipinski definition) is 0. The van der Waals surface area contributed by atoms with Crippen LogP contribution in [0, 0.1) is 11.8 Å². The first-order valence-electron chi connectivity index (χ1n) is 6.92. The van der Waals surface area contributed by atoms with E-state index in [0.717, 1.165) is 0 Å². The molecule has 1 unspecified atom stereocenters. The fourth-order valence-electron chi connectivity index (χ4n) is 2.48. The van der Waals surface area contributed by atoms with E-state index in [1.807, 2.05) is 0 Å². The van der Waals surface area contributed by atoms with Gasteiger partial charge in [-0.05, 0) is 28.5 Å². The van der Waals surface area contributed by atoms with Crippen LogP contribution in [0.1, 0.15) is 44.7 Å². The topological polar surface area (TPSA) is 0 Å². The zero-order valence-electron chi connectivity index (χ0n) is 13.3. The largest absolute Gasteiger partial charge is 0.106 e. The molecule has 1 radical (unpaired) electrons. The van der Waals surface area contributed by atoms with Crippen molar-refractivity contribution in [3.8, 4) is 0 Å². The first kappa shape index (κ1) is 21.4. The van der Waals surface area contributed by atoms with E-state index in [9.17, 15) is 0 Å². The zero-order valence-corrected chi connectivity index (χ0v) is 14.9. The summed E-state index contributed by atoms with van der Waals surface area (Å²) in [5.74, 6) is 1.95. The number of rotatable bonds is 2. The van der Waals surface area contributed by atoms with E-state index < -0.39 is 0 Å². The maximum Gasteiger partial charge on any atom is 0.00531 e. The maximum atomic E-state index is 3.00. The van der Waals surface area contributed by atoms with Crippen LogP contribution in [-0.4, -0.2) is 0 Å². The minimum Gasteiger partial charge on any atom is -0.106 e. The Kier molecular flexibility index (Phi) is 11.5.